The highest BCUT2D eigenvalue weighted by atomic mass is 16.2. The largest absolute Gasteiger partial charge is 0.271 e. The molecule has 3 aliphatic rings. The summed E-state index contributed by atoms with van der Waals surface area (Å²) in [5, 5.41) is 0. The van der Waals surface area contributed by atoms with Crippen LogP contribution in [0.25, 0.3) is 0 Å². The van der Waals surface area contributed by atoms with Crippen molar-refractivity contribution in [1.29, 1.82) is 0 Å². The third kappa shape index (κ3) is 3.18. The van der Waals surface area contributed by atoms with E-state index in [2.05, 4.69) is 83.2 Å². The lowest BCUT2D eigenvalue weighted by molar-refractivity contribution is -0.137. The van der Waals surface area contributed by atoms with E-state index in [1.165, 1.54) is 44.9 Å². The molecule has 2 aromatic rings. The molecular formula is C29H31NO2. The third-order valence-corrected chi connectivity index (χ3v) is 7.68. The summed E-state index contributed by atoms with van der Waals surface area (Å²) in [6, 6.07) is 13.4. The number of aryl methyl sites for hydroxylation is 1. The maximum atomic E-state index is 11.9. The predicted octanol–water partition coefficient (Wildman–Crippen LogP) is 5.62. The molecule has 0 radical (unpaired) electrons. The Morgan fingerprint density at radius 3 is 1.84 bits per heavy atom. The zero-order chi connectivity index (χ0) is 22.9. The summed E-state index contributed by atoms with van der Waals surface area (Å²) in [7, 11) is 0. The summed E-state index contributed by atoms with van der Waals surface area (Å²) in [6.07, 6.45) is 9.70. The monoisotopic (exact) mass is 425 g/mol. The van der Waals surface area contributed by atoms with Crippen molar-refractivity contribution in [1.82, 2.24) is 4.90 Å². The molecular weight excluding hydrogens is 394 g/mol. The van der Waals surface area contributed by atoms with Gasteiger partial charge in [0.1, 0.15) is 0 Å². The number of hydrogen-bond donors (Lipinski definition) is 0. The van der Waals surface area contributed by atoms with Crippen LogP contribution in [0.3, 0.4) is 0 Å². The van der Waals surface area contributed by atoms with E-state index < -0.39 is 0 Å². The maximum absolute atomic E-state index is 11.9. The fourth-order valence-electron chi connectivity index (χ4n) is 5.42. The summed E-state index contributed by atoms with van der Waals surface area (Å²) < 4.78 is 0. The van der Waals surface area contributed by atoms with Crippen molar-refractivity contribution in [2.45, 2.75) is 70.3 Å². The number of hydrogen-bond acceptors (Lipinski definition) is 2. The van der Waals surface area contributed by atoms with Crippen molar-refractivity contribution < 1.29 is 9.59 Å². The second-order valence-electron chi connectivity index (χ2n) is 10.9. The van der Waals surface area contributed by atoms with Crippen LogP contribution in [0.1, 0.15) is 73.9 Å². The number of nitrogens with zero attached hydrogens (tertiary/aromatic N) is 1. The molecule has 1 fully saturated rings. The molecule has 2 amide bonds. The Kier molecular flexibility index (Phi) is 4.43. The first kappa shape index (κ1) is 20.9. The number of carbonyl (C=O) groups is 2. The quantitative estimate of drug-likeness (QED) is 0.471. The number of allylic oxidation sites excluding steroid dienone is 2. The second-order valence-corrected chi connectivity index (χ2v) is 10.9. The minimum atomic E-state index is -0.234. The van der Waals surface area contributed by atoms with Crippen LogP contribution in [0.5, 0.6) is 0 Å². The van der Waals surface area contributed by atoms with Gasteiger partial charge in [-0.2, -0.15) is 0 Å². The molecule has 3 heteroatoms. The van der Waals surface area contributed by atoms with Crippen molar-refractivity contribution in [3.8, 4) is 0 Å². The first-order valence-electron chi connectivity index (χ1n) is 11.5. The molecule has 5 rings (SSSR count). The van der Waals surface area contributed by atoms with Crippen LogP contribution in [-0.4, -0.2) is 16.7 Å². The number of imide groups is 1. The zero-order valence-electron chi connectivity index (χ0n) is 19.7. The minimum absolute atomic E-state index is 0.0239. The Labute approximate surface area is 190 Å². The van der Waals surface area contributed by atoms with E-state index >= 15 is 0 Å². The molecule has 3 nitrogen and oxygen atoms in total. The molecule has 0 aromatic heterocycles. The van der Waals surface area contributed by atoms with Gasteiger partial charge in [0.2, 0.25) is 0 Å². The summed E-state index contributed by atoms with van der Waals surface area (Å²) in [5.74, 6) is -0.468. The number of fused-ring (bicyclic) bond motifs is 1. The molecule has 0 atom stereocenters. The molecule has 0 saturated heterocycles. The number of rotatable bonds is 4. The molecule has 0 spiro atoms. The molecule has 0 bridgehead atoms. The lowest BCUT2D eigenvalue weighted by atomic mass is 9.66. The van der Waals surface area contributed by atoms with Crippen molar-refractivity contribution in [2.24, 2.45) is 0 Å². The van der Waals surface area contributed by atoms with E-state index in [9.17, 15) is 9.59 Å². The predicted molar refractivity (Wildman–Crippen MR) is 128 cm³/mol. The average Bonchev–Trinajstić information content (AvgIpc) is 3.49. The Morgan fingerprint density at radius 2 is 1.31 bits per heavy atom. The fourth-order valence-corrected chi connectivity index (χ4v) is 5.42. The molecule has 2 aromatic carbocycles. The van der Waals surface area contributed by atoms with Crippen LogP contribution < -0.4 is 0 Å². The van der Waals surface area contributed by atoms with E-state index in [1.54, 1.807) is 0 Å². The SMILES string of the molecule is Cc1cc2c(cc1C1(c3ccc(CN4C(=O)C=CC4=O)cc3)CC1)C(C)(C)C=CC2(C)C. The Bertz CT molecular complexity index is 1170. The molecule has 1 aliphatic heterocycles. The molecule has 0 N–H and O–H groups in total. The number of amides is 2. The van der Waals surface area contributed by atoms with Crippen LogP contribution in [0.2, 0.25) is 0 Å². The van der Waals surface area contributed by atoms with Gasteiger partial charge >= 0.3 is 0 Å². The highest BCUT2D eigenvalue weighted by molar-refractivity contribution is 6.12. The molecule has 0 unspecified atom stereocenters. The van der Waals surface area contributed by atoms with E-state index in [4.69, 9.17) is 0 Å². The third-order valence-electron chi connectivity index (χ3n) is 7.68. The topological polar surface area (TPSA) is 37.4 Å². The van der Waals surface area contributed by atoms with Gasteiger partial charge in [0, 0.05) is 28.4 Å². The first-order valence-corrected chi connectivity index (χ1v) is 11.5. The fraction of sp³-hybridized carbons (Fsp3) is 0.379. The molecule has 164 valence electrons. The normalized spacial score (nSPS) is 21.7. The highest BCUT2D eigenvalue weighted by Gasteiger charge is 2.47. The molecule has 2 aliphatic carbocycles. The van der Waals surface area contributed by atoms with Gasteiger partial charge in [0.15, 0.2) is 0 Å². The Morgan fingerprint density at radius 1 is 0.781 bits per heavy atom. The van der Waals surface area contributed by atoms with E-state index in [1.807, 2.05) is 0 Å². The van der Waals surface area contributed by atoms with Crippen molar-refractivity contribution in [3.63, 3.8) is 0 Å². The van der Waals surface area contributed by atoms with Crippen LogP contribution >= 0.6 is 0 Å². The van der Waals surface area contributed by atoms with Gasteiger partial charge in [-0.1, -0.05) is 76.2 Å². The van der Waals surface area contributed by atoms with Gasteiger partial charge in [0.05, 0.1) is 6.54 Å². The smallest absolute Gasteiger partial charge is 0.253 e. The minimum Gasteiger partial charge on any atom is -0.271 e. The average molecular weight is 426 g/mol. The first-order chi connectivity index (χ1) is 15.0. The summed E-state index contributed by atoms with van der Waals surface area (Å²) in [4.78, 5) is 25.0. The number of benzene rings is 2. The van der Waals surface area contributed by atoms with Gasteiger partial charge < -0.3 is 0 Å². The maximum Gasteiger partial charge on any atom is 0.253 e. The Balaban J connectivity index is 1.49. The standard InChI is InChI=1S/C29H31NO2/c1-19-16-23-24(28(4,5)13-12-27(23,2)3)17-22(19)29(14-15-29)21-8-6-20(7-9-21)18-30-25(31)10-11-26(30)32/h6-13,16-17H,14-15,18H2,1-5H3. The molecule has 1 heterocycles. The second kappa shape index (κ2) is 6.78. The number of carbonyl (C=O) groups excluding carboxylic acids is 2. The van der Waals surface area contributed by atoms with Crippen LogP contribution in [0.15, 0.2) is 60.7 Å². The Hall–Kier alpha value is -2.94. The van der Waals surface area contributed by atoms with Crippen LogP contribution in [0, 0.1) is 6.92 Å². The van der Waals surface area contributed by atoms with Crippen molar-refractivity contribution >= 4 is 11.8 Å². The van der Waals surface area contributed by atoms with Gasteiger partial charge in [-0.25, -0.2) is 0 Å². The molecule has 32 heavy (non-hydrogen) atoms. The van der Waals surface area contributed by atoms with E-state index in [0.717, 1.165) is 18.4 Å². The highest BCUT2D eigenvalue weighted by Crippen LogP contribution is 2.56. The van der Waals surface area contributed by atoms with Gasteiger partial charge in [-0.15, -0.1) is 0 Å². The van der Waals surface area contributed by atoms with Gasteiger partial charge in [-0.3, -0.25) is 14.5 Å². The lowest BCUT2D eigenvalue weighted by Gasteiger charge is -2.38. The van der Waals surface area contributed by atoms with E-state index in [0.29, 0.717) is 6.54 Å². The summed E-state index contributed by atoms with van der Waals surface area (Å²) in [6.45, 7) is 11.8. The van der Waals surface area contributed by atoms with E-state index in [-0.39, 0.29) is 28.1 Å². The lowest BCUT2D eigenvalue weighted by Crippen LogP contribution is -2.30. The van der Waals surface area contributed by atoms with Crippen molar-refractivity contribution in [3.05, 3.63) is 94.1 Å². The van der Waals surface area contributed by atoms with Crippen molar-refractivity contribution in [2.75, 3.05) is 0 Å². The molecule has 1 saturated carbocycles. The summed E-state index contributed by atoms with van der Waals surface area (Å²) in [5.41, 5.74) is 8.12. The van der Waals surface area contributed by atoms with Crippen LogP contribution in [-0.2, 0) is 32.4 Å². The van der Waals surface area contributed by atoms with Crippen LogP contribution in [0.4, 0.5) is 0 Å². The van der Waals surface area contributed by atoms with Gasteiger partial charge in [0.25, 0.3) is 11.8 Å². The van der Waals surface area contributed by atoms with Gasteiger partial charge in [-0.05, 0) is 53.1 Å². The zero-order valence-corrected chi connectivity index (χ0v) is 19.7. The summed E-state index contributed by atoms with van der Waals surface area (Å²) >= 11 is 0.